The molecule has 0 spiro atoms. The van der Waals surface area contributed by atoms with Gasteiger partial charge < -0.3 is 5.32 Å². The van der Waals surface area contributed by atoms with Gasteiger partial charge in [0.1, 0.15) is 0 Å². The lowest BCUT2D eigenvalue weighted by atomic mass is 10.1. The van der Waals surface area contributed by atoms with Crippen LogP contribution in [0.3, 0.4) is 0 Å². The maximum atomic E-state index is 4.80. The van der Waals surface area contributed by atoms with Crippen LogP contribution in [-0.4, -0.2) is 12.0 Å². The molecule has 2 aliphatic carbocycles. The first-order chi connectivity index (χ1) is 6.90. The Morgan fingerprint density at radius 3 is 2.00 bits per heavy atom. The van der Waals surface area contributed by atoms with Gasteiger partial charge in [-0.3, -0.25) is 4.98 Å². The van der Waals surface area contributed by atoms with Crippen LogP contribution in [0.2, 0.25) is 0 Å². The Morgan fingerprint density at radius 1 is 0.929 bits per heavy atom. The van der Waals surface area contributed by atoms with Crippen molar-refractivity contribution in [3.05, 3.63) is 22.5 Å². The quantitative estimate of drug-likeness (QED) is 0.730. The molecule has 3 rings (SSSR count). The lowest BCUT2D eigenvalue weighted by Crippen LogP contribution is -2.03. The standard InChI is InChI=1S/C12H16N2/c1-13-12-8-4-2-6-10(8)14-11-7-3-5-9(11)12/h2-7H2,1H3,(H,13,14). The van der Waals surface area contributed by atoms with E-state index in [9.17, 15) is 0 Å². The van der Waals surface area contributed by atoms with Crippen LogP contribution in [0, 0.1) is 0 Å². The summed E-state index contributed by atoms with van der Waals surface area (Å²) in [7, 11) is 2.05. The Hall–Kier alpha value is -1.05. The zero-order valence-electron chi connectivity index (χ0n) is 8.69. The first-order valence-corrected chi connectivity index (χ1v) is 5.61. The van der Waals surface area contributed by atoms with E-state index in [-0.39, 0.29) is 0 Å². The summed E-state index contributed by atoms with van der Waals surface area (Å²) in [6.45, 7) is 0. The molecule has 0 saturated carbocycles. The van der Waals surface area contributed by atoms with Crippen molar-refractivity contribution in [3.63, 3.8) is 0 Å². The van der Waals surface area contributed by atoms with E-state index in [1.54, 1.807) is 0 Å². The Morgan fingerprint density at radius 2 is 1.50 bits per heavy atom. The Balaban J connectivity index is 2.24. The van der Waals surface area contributed by atoms with Crippen LogP contribution >= 0.6 is 0 Å². The third-order valence-corrected chi connectivity index (χ3v) is 3.50. The van der Waals surface area contributed by atoms with Crippen molar-refractivity contribution in [3.8, 4) is 0 Å². The molecular weight excluding hydrogens is 172 g/mol. The molecule has 0 unspecified atom stereocenters. The van der Waals surface area contributed by atoms with E-state index < -0.39 is 0 Å². The van der Waals surface area contributed by atoms with Crippen molar-refractivity contribution in [1.82, 2.24) is 4.98 Å². The second kappa shape index (κ2) is 2.97. The fourth-order valence-corrected chi connectivity index (χ4v) is 2.89. The fourth-order valence-electron chi connectivity index (χ4n) is 2.89. The van der Waals surface area contributed by atoms with E-state index in [1.807, 2.05) is 7.05 Å². The second-order valence-corrected chi connectivity index (χ2v) is 4.29. The van der Waals surface area contributed by atoms with Crippen LogP contribution in [0.25, 0.3) is 0 Å². The summed E-state index contributed by atoms with van der Waals surface area (Å²) in [6.07, 6.45) is 7.42. The van der Waals surface area contributed by atoms with Crippen molar-refractivity contribution < 1.29 is 0 Å². The van der Waals surface area contributed by atoms with Crippen molar-refractivity contribution in [2.45, 2.75) is 38.5 Å². The smallest absolute Gasteiger partial charge is 0.0459 e. The summed E-state index contributed by atoms with van der Waals surface area (Å²) in [5.74, 6) is 0. The maximum absolute atomic E-state index is 4.80. The summed E-state index contributed by atoms with van der Waals surface area (Å²) < 4.78 is 0. The summed E-state index contributed by atoms with van der Waals surface area (Å²) in [4.78, 5) is 4.80. The van der Waals surface area contributed by atoms with E-state index >= 15 is 0 Å². The van der Waals surface area contributed by atoms with Gasteiger partial charge in [0.2, 0.25) is 0 Å². The number of hydrogen-bond donors (Lipinski definition) is 1. The van der Waals surface area contributed by atoms with Crippen molar-refractivity contribution in [1.29, 1.82) is 0 Å². The summed E-state index contributed by atoms with van der Waals surface area (Å²) in [5.41, 5.74) is 7.17. The van der Waals surface area contributed by atoms with E-state index in [2.05, 4.69) is 5.32 Å². The number of nitrogens with zero attached hydrogens (tertiary/aromatic N) is 1. The molecule has 0 aliphatic heterocycles. The predicted molar refractivity (Wildman–Crippen MR) is 57.8 cm³/mol. The Bertz CT molecular complexity index is 350. The summed E-state index contributed by atoms with van der Waals surface area (Å²) in [5, 5.41) is 3.39. The lowest BCUT2D eigenvalue weighted by Gasteiger charge is -2.13. The maximum Gasteiger partial charge on any atom is 0.0459 e. The molecule has 0 saturated heterocycles. The van der Waals surface area contributed by atoms with Gasteiger partial charge in [-0.2, -0.15) is 0 Å². The topological polar surface area (TPSA) is 24.9 Å². The number of aromatic nitrogens is 1. The lowest BCUT2D eigenvalue weighted by molar-refractivity contribution is 0.872. The third kappa shape index (κ3) is 0.999. The molecule has 0 aromatic carbocycles. The third-order valence-electron chi connectivity index (χ3n) is 3.50. The first-order valence-electron chi connectivity index (χ1n) is 5.61. The summed E-state index contributed by atoms with van der Waals surface area (Å²) >= 11 is 0. The molecule has 0 fully saturated rings. The van der Waals surface area contributed by atoms with Gasteiger partial charge in [0.15, 0.2) is 0 Å². The van der Waals surface area contributed by atoms with Gasteiger partial charge in [0, 0.05) is 24.1 Å². The van der Waals surface area contributed by atoms with Crippen LogP contribution in [0.1, 0.15) is 35.4 Å². The molecule has 0 atom stereocenters. The number of aryl methyl sites for hydroxylation is 2. The number of hydrogen-bond acceptors (Lipinski definition) is 2. The van der Waals surface area contributed by atoms with Crippen LogP contribution in [0.5, 0.6) is 0 Å². The van der Waals surface area contributed by atoms with Crippen LogP contribution in [0.15, 0.2) is 0 Å². The molecule has 1 aromatic heterocycles. The minimum Gasteiger partial charge on any atom is -0.388 e. The van der Waals surface area contributed by atoms with Crippen molar-refractivity contribution in [2.75, 3.05) is 12.4 Å². The Kier molecular flexibility index (Phi) is 1.76. The van der Waals surface area contributed by atoms with Gasteiger partial charge in [0.05, 0.1) is 0 Å². The van der Waals surface area contributed by atoms with Crippen molar-refractivity contribution >= 4 is 5.69 Å². The van der Waals surface area contributed by atoms with E-state index in [1.165, 1.54) is 66.7 Å². The van der Waals surface area contributed by atoms with E-state index in [4.69, 9.17) is 4.98 Å². The number of anilines is 1. The van der Waals surface area contributed by atoms with Gasteiger partial charge in [-0.15, -0.1) is 0 Å². The van der Waals surface area contributed by atoms with Crippen LogP contribution < -0.4 is 5.32 Å². The first kappa shape index (κ1) is 8.27. The average Bonchev–Trinajstić information content (AvgIpc) is 2.80. The minimum absolute atomic E-state index is 1.19. The normalized spacial score (nSPS) is 18.1. The van der Waals surface area contributed by atoms with Gasteiger partial charge in [-0.05, 0) is 49.7 Å². The highest BCUT2D eigenvalue weighted by Gasteiger charge is 2.24. The number of pyridine rings is 1. The zero-order valence-corrected chi connectivity index (χ0v) is 8.69. The number of rotatable bonds is 1. The second-order valence-electron chi connectivity index (χ2n) is 4.29. The predicted octanol–water partition coefficient (Wildman–Crippen LogP) is 2.10. The average molecular weight is 188 g/mol. The minimum atomic E-state index is 1.19. The van der Waals surface area contributed by atoms with Gasteiger partial charge in [-0.1, -0.05) is 0 Å². The number of fused-ring (bicyclic) bond motifs is 2. The Labute approximate surface area is 84.7 Å². The molecule has 74 valence electrons. The monoisotopic (exact) mass is 188 g/mol. The zero-order chi connectivity index (χ0) is 9.54. The van der Waals surface area contributed by atoms with E-state index in [0.29, 0.717) is 0 Å². The molecule has 1 N–H and O–H groups in total. The van der Waals surface area contributed by atoms with Crippen molar-refractivity contribution in [2.24, 2.45) is 0 Å². The molecule has 0 amide bonds. The molecule has 1 heterocycles. The fraction of sp³-hybridized carbons (Fsp3) is 0.583. The van der Waals surface area contributed by atoms with E-state index in [0.717, 1.165) is 0 Å². The molecule has 2 aliphatic rings. The highest BCUT2D eigenvalue weighted by Crippen LogP contribution is 2.35. The SMILES string of the molecule is CNc1c2c(nc3c1CCC3)CCC2. The molecule has 0 radical (unpaired) electrons. The summed E-state index contributed by atoms with van der Waals surface area (Å²) in [6, 6.07) is 0. The largest absolute Gasteiger partial charge is 0.388 e. The molecule has 0 bridgehead atoms. The van der Waals surface area contributed by atoms with Crippen LogP contribution in [-0.2, 0) is 25.7 Å². The van der Waals surface area contributed by atoms with Crippen LogP contribution in [0.4, 0.5) is 5.69 Å². The molecular formula is C12H16N2. The highest BCUT2D eigenvalue weighted by molar-refractivity contribution is 5.62. The van der Waals surface area contributed by atoms with Gasteiger partial charge in [-0.25, -0.2) is 0 Å². The molecule has 2 nitrogen and oxygen atoms in total. The molecule has 1 aromatic rings. The number of nitrogens with one attached hydrogen (secondary N) is 1. The highest BCUT2D eigenvalue weighted by atomic mass is 14.9. The molecule has 14 heavy (non-hydrogen) atoms. The molecule has 2 heteroatoms. The van der Waals surface area contributed by atoms with Gasteiger partial charge in [0.25, 0.3) is 0 Å². The van der Waals surface area contributed by atoms with Gasteiger partial charge >= 0.3 is 0 Å².